The predicted molar refractivity (Wildman–Crippen MR) is 148 cm³/mol. The van der Waals surface area contributed by atoms with E-state index in [1.807, 2.05) is 25.1 Å². The maximum absolute atomic E-state index is 13.0. The van der Waals surface area contributed by atoms with Crippen LogP contribution in [0.25, 0.3) is 11.0 Å². The van der Waals surface area contributed by atoms with Crippen LogP contribution in [0.1, 0.15) is 55.1 Å². The van der Waals surface area contributed by atoms with Crippen LogP contribution in [0.15, 0.2) is 51.6 Å². The van der Waals surface area contributed by atoms with Gasteiger partial charge in [-0.15, -0.1) is 0 Å². The zero-order valence-corrected chi connectivity index (χ0v) is 22.9. The topological polar surface area (TPSA) is 81.4 Å². The molecule has 0 aliphatic heterocycles. The number of guanidine groups is 1. The zero-order chi connectivity index (χ0) is 25.4. The van der Waals surface area contributed by atoms with Gasteiger partial charge in [0, 0.05) is 26.5 Å². The van der Waals surface area contributed by atoms with Gasteiger partial charge in [-0.25, -0.2) is 0 Å². The summed E-state index contributed by atoms with van der Waals surface area (Å²) in [6, 6.07) is 11.4. The second kappa shape index (κ2) is 13.1. The SMILES string of the molecule is CCN(CC)CCCC(C)NC(=N)NC(=O)c1cccc(Cl)c1CCc1cc(Br)cc2ccoc12. The number of benzene rings is 2. The molecule has 1 atom stereocenters. The third kappa shape index (κ3) is 7.56. The Bertz CT molecular complexity index is 1160. The molecule has 188 valence electrons. The van der Waals surface area contributed by atoms with Gasteiger partial charge in [0.2, 0.25) is 0 Å². The molecule has 6 nitrogen and oxygen atoms in total. The molecule has 0 fully saturated rings. The number of nitrogens with one attached hydrogen (secondary N) is 3. The van der Waals surface area contributed by atoms with Gasteiger partial charge in [0.25, 0.3) is 5.91 Å². The van der Waals surface area contributed by atoms with Gasteiger partial charge >= 0.3 is 0 Å². The average Bonchev–Trinajstić information content (AvgIpc) is 3.29. The molecule has 0 aliphatic carbocycles. The van der Waals surface area contributed by atoms with Crippen molar-refractivity contribution < 1.29 is 9.21 Å². The summed E-state index contributed by atoms with van der Waals surface area (Å²) in [5.41, 5.74) is 3.11. The lowest BCUT2D eigenvalue weighted by molar-refractivity contribution is 0.0974. The molecule has 0 spiro atoms. The number of halogens is 2. The van der Waals surface area contributed by atoms with Crippen LogP contribution in [0.2, 0.25) is 5.02 Å². The largest absolute Gasteiger partial charge is 0.464 e. The first-order chi connectivity index (χ1) is 16.8. The van der Waals surface area contributed by atoms with E-state index in [1.54, 1.807) is 24.5 Å². The van der Waals surface area contributed by atoms with E-state index in [0.29, 0.717) is 23.4 Å². The van der Waals surface area contributed by atoms with E-state index in [0.717, 1.165) is 59.0 Å². The molecule has 0 radical (unpaired) electrons. The first-order valence-corrected chi connectivity index (χ1v) is 13.3. The summed E-state index contributed by atoms with van der Waals surface area (Å²) in [5.74, 6) is -0.340. The summed E-state index contributed by atoms with van der Waals surface area (Å²) in [4.78, 5) is 15.4. The minimum Gasteiger partial charge on any atom is -0.464 e. The Morgan fingerprint density at radius 2 is 1.97 bits per heavy atom. The molecule has 0 saturated carbocycles. The lowest BCUT2D eigenvalue weighted by Gasteiger charge is -2.20. The van der Waals surface area contributed by atoms with Crippen molar-refractivity contribution in [2.24, 2.45) is 0 Å². The van der Waals surface area contributed by atoms with E-state index in [9.17, 15) is 4.79 Å². The lowest BCUT2D eigenvalue weighted by atomic mass is 9.98. The van der Waals surface area contributed by atoms with E-state index < -0.39 is 0 Å². The number of hydrogen-bond acceptors (Lipinski definition) is 4. The third-order valence-corrected chi connectivity index (χ3v) is 7.05. The fourth-order valence-corrected chi connectivity index (χ4v) is 5.08. The number of aryl methyl sites for hydroxylation is 1. The molecule has 1 heterocycles. The van der Waals surface area contributed by atoms with Gasteiger partial charge in [0.1, 0.15) is 5.58 Å². The molecule has 1 unspecified atom stereocenters. The van der Waals surface area contributed by atoms with Crippen LogP contribution >= 0.6 is 27.5 Å². The van der Waals surface area contributed by atoms with Gasteiger partial charge in [-0.2, -0.15) is 0 Å². The quantitative estimate of drug-likeness (QED) is 0.187. The Balaban J connectivity index is 1.61. The first-order valence-electron chi connectivity index (χ1n) is 12.1. The Morgan fingerprint density at radius 3 is 2.71 bits per heavy atom. The first kappa shape index (κ1) is 27.2. The Labute approximate surface area is 221 Å². The van der Waals surface area contributed by atoms with Crippen LogP contribution in [-0.4, -0.2) is 42.4 Å². The third-order valence-electron chi connectivity index (χ3n) is 6.24. The highest BCUT2D eigenvalue weighted by Gasteiger charge is 2.17. The molecule has 2 aromatic carbocycles. The highest BCUT2D eigenvalue weighted by atomic mass is 79.9. The van der Waals surface area contributed by atoms with Crippen molar-refractivity contribution in [1.29, 1.82) is 5.41 Å². The highest BCUT2D eigenvalue weighted by molar-refractivity contribution is 9.10. The summed E-state index contributed by atoms with van der Waals surface area (Å²) in [6.45, 7) is 9.47. The minimum absolute atomic E-state index is 0.000508. The fraction of sp³-hybridized carbons (Fsp3) is 0.407. The Kier molecular flexibility index (Phi) is 10.2. The number of furan rings is 1. The standard InChI is InChI=1S/C27H34BrClN4O2/c1-4-33(5-2)14-7-8-18(3)31-27(30)32-26(34)23-9-6-10-24(29)22(23)12-11-19-16-21(28)17-20-13-15-35-25(19)20/h6,9-10,13,15-18H,4-5,7-8,11-12,14H2,1-3H3,(H3,30,31,32,34). The van der Waals surface area contributed by atoms with Crippen LogP contribution in [0, 0.1) is 5.41 Å². The summed E-state index contributed by atoms with van der Waals surface area (Å²) in [5, 5.41) is 15.6. The van der Waals surface area contributed by atoms with Crippen molar-refractivity contribution in [3.63, 3.8) is 0 Å². The molecule has 1 aromatic heterocycles. The molecule has 0 saturated heterocycles. The van der Waals surface area contributed by atoms with Gasteiger partial charge in [-0.3, -0.25) is 15.5 Å². The molecule has 35 heavy (non-hydrogen) atoms. The molecule has 0 aliphatic rings. The summed E-state index contributed by atoms with van der Waals surface area (Å²) < 4.78 is 6.65. The number of amides is 1. The molecule has 3 aromatic rings. The second-order valence-corrected chi connectivity index (χ2v) is 10.0. The number of hydrogen-bond donors (Lipinski definition) is 3. The van der Waals surface area contributed by atoms with Gasteiger partial charge in [0.05, 0.1) is 6.26 Å². The molecule has 1 amide bonds. The summed E-state index contributed by atoms with van der Waals surface area (Å²) in [6.07, 6.45) is 4.86. The van der Waals surface area contributed by atoms with Crippen LogP contribution in [0.3, 0.4) is 0 Å². The maximum atomic E-state index is 13.0. The van der Waals surface area contributed by atoms with Gasteiger partial charge in [-0.05, 0) is 93.7 Å². The van der Waals surface area contributed by atoms with Crippen molar-refractivity contribution in [3.05, 3.63) is 68.8 Å². The maximum Gasteiger partial charge on any atom is 0.258 e. The van der Waals surface area contributed by atoms with E-state index in [4.69, 9.17) is 21.4 Å². The van der Waals surface area contributed by atoms with Crippen molar-refractivity contribution in [3.8, 4) is 0 Å². The monoisotopic (exact) mass is 560 g/mol. The van der Waals surface area contributed by atoms with Gasteiger partial charge in [0.15, 0.2) is 5.96 Å². The number of nitrogens with zero attached hydrogens (tertiary/aromatic N) is 1. The van der Waals surface area contributed by atoms with Crippen molar-refractivity contribution in [2.45, 2.75) is 52.5 Å². The van der Waals surface area contributed by atoms with E-state index in [-0.39, 0.29) is 17.9 Å². The number of carbonyl (C=O) groups excluding carboxylic acids is 1. The molecule has 0 bridgehead atoms. The van der Waals surface area contributed by atoms with Crippen molar-refractivity contribution in [1.82, 2.24) is 15.5 Å². The smallest absolute Gasteiger partial charge is 0.258 e. The molecular weight excluding hydrogens is 528 g/mol. The Morgan fingerprint density at radius 1 is 1.20 bits per heavy atom. The predicted octanol–water partition coefficient (Wildman–Crippen LogP) is 6.40. The molecule has 3 rings (SSSR count). The normalized spacial score (nSPS) is 12.2. The van der Waals surface area contributed by atoms with Crippen LogP contribution < -0.4 is 10.6 Å². The van der Waals surface area contributed by atoms with Crippen molar-refractivity contribution >= 4 is 50.4 Å². The van der Waals surface area contributed by atoms with Crippen molar-refractivity contribution in [2.75, 3.05) is 19.6 Å². The molecule has 3 N–H and O–H groups in total. The lowest BCUT2D eigenvalue weighted by Crippen LogP contribution is -2.44. The van der Waals surface area contributed by atoms with Crippen LogP contribution in [0.4, 0.5) is 0 Å². The molecular formula is C27H34BrClN4O2. The number of fused-ring (bicyclic) bond motifs is 1. The van der Waals surface area contributed by atoms with Gasteiger partial charge in [-0.1, -0.05) is 47.4 Å². The Hall–Kier alpha value is -2.35. The van der Waals surface area contributed by atoms with E-state index in [1.165, 1.54) is 0 Å². The highest BCUT2D eigenvalue weighted by Crippen LogP contribution is 2.28. The zero-order valence-electron chi connectivity index (χ0n) is 20.6. The summed E-state index contributed by atoms with van der Waals surface area (Å²) >= 11 is 10.1. The number of carbonyl (C=O) groups is 1. The second-order valence-electron chi connectivity index (χ2n) is 8.71. The summed E-state index contributed by atoms with van der Waals surface area (Å²) in [7, 11) is 0. The van der Waals surface area contributed by atoms with E-state index >= 15 is 0 Å². The van der Waals surface area contributed by atoms with Crippen LogP contribution in [-0.2, 0) is 12.8 Å². The number of rotatable bonds is 11. The average molecular weight is 562 g/mol. The van der Waals surface area contributed by atoms with Gasteiger partial charge < -0.3 is 14.6 Å². The molecule has 8 heteroatoms. The van der Waals surface area contributed by atoms with Crippen LogP contribution in [0.5, 0.6) is 0 Å². The fourth-order valence-electron chi connectivity index (χ4n) is 4.28. The minimum atomic E-state index is -0.340. The van der Waals surface area contributed by atoms with E-state index in [2.05, 4.69) is 45.3 Å².